The molecule has 3 aromatic carbocycles. The van der Waals surface area contributed by atoms with Crippen LogP contribution in [0.3, 0.4) is 0 Å². The SMILES string of the molecule is C=CC(=O)N1CCN(c2ncnc3c(F)c(-c4cc(OCCOCCOCCC(=O)NCCNc5cccc6c5CN(C5CCC(=O)NC5=O)C6=O)ccc4F)c(Cl)cc23)CC1. The maximum atomic E-state index is 16.1. The van der Waals surface area contributed by atoms with Crippen molar-refractivity contribution in [1.82, 2.24) is 30.4 Å². The van der Waals surface area contributed by atoms with E-state index in [1.165, 1.54) is 41.6 Å². The minimum atomic E-state index is -0.807. The minimum absolute atomic E-state index is 0.0240. The first-order chi connectivity index (χ1) is 30.0. The Morgan fingerprint density at radius 2 is 1.73 bits per heavy atom. The van der Waals surface area contributed by atoms with Crippen LogP contribution < -0.4 is 25.6 Å². The van der Waals surface area contributed by atoms with Crippen LogP contribution in [0.25, 0.3) is 22.0 Å². The summed E-state index contributed by atoms with van der Waals surface area (Å²) >= 11 is 6.61. The highest BCUT2D eigenvalue weighted by molar-refractivity contribution is 6.34. The van der Waals surface area contributed by atoms with E-state index in [9.17, 15) is 24.0 Å². The number of rotatable bonds is 18. The molecule has 1 atom stereocenters. The lowest BCUT2D eigenvalue weighted by atomic mass is 10.0. The second-order valence-electron chi connectivity index (χ2n) is 14.6. The van der Waals surface area contributed by atoms with Gasteiger partial charge in [0.05, 0.1) is 31.5 Å². The number of aromatic nitrogens is 2. The molecule has 16 nitrogen and oxygen atoms in total. The largest absolute Gasteiger partial charge is 0.491 e. The van der Waals surface area contributed by atoms with Gasteiger partial charge in [-0.1, -0.05) is 24.2 Å². The van der Waals surface area contributed by atoms with E-state index in [4.69, 9.17) is 25.8 Å². The van der Waals surface area contributed by atoms with Crippen molar-refractivity contribution < 1.29 is 47.0 Å². The van der Waals surface area contributed by atoms with E-state index < -0.39 is 23.6 Å². The quantitative estimate of drug-likeness (QED) is 0.0747. The van der Waals surface area contributed by atoms with Crippen molar-refractivity contribution in [2.24, 2.45) is 0 Å². The van der Waals surface area contributed by atoms with Crippen molar-refractivity contribution in [2.75, 3.05) is 82.5 Å². The highest BCUT2D eigenvalue weighted by Crippen LogP contribution is 2.40. The zero-order chi connectivity index (χ0) is 43.8. The summed E-state index contributed by atoms with van der Waals surface area (Å²) in [5.41, 5.74) is 1.70. The number of fused-ring (bicyclic) bond motifs is 2. The van der Waals surface area contributed by atoms with Gasteiger partial charge in [-0.2, -0.15) is 0 Å². The number of anilines is 2. The van der Waals surface area contributed by atoms with Crippen LogP contribution >= 0.6 is 11.6 Å². The fourth-order valence-electron chi connectivity index (χ4n) is 7.61. The predicted molar refractivity (Wildman–Crippen MR) is 225 cm³/mol. The average Bonchev–Trinajstić information content (AvgIpc) is 3.61. The van der Waals surface area contributed by atoms with Gasteiger partial charge in [0.1, 0.15) is 41.9 Å². The number of ether oxygens (including phenoxy) is 3. The van der Waals surface area contributed by atoms with Crippen molar-refractivity contribution >= 4 is 63.5 Å². The second kappa shape index (κ2) is 20.1. The molecule has 0 spiro atoms. The summed E-state index contributed by atoms with van der Waals surface area (Å²) < 4.78 is 48.1. The maximum absolute atomic E-state index is 16.1. The van der Waals surface area contributed by atoms with Gasteiger partial charge in [-0.25, -0.2) is 18.7 Å². The van der Waals surface area contributed by atoms with Gasteiger partial charge in [0.15, 0.2) is 5.82 Å². The summed E-state index contributed by atoms with van der Waals surface area (Å²) in [6, 6.07) is 10.1. The lowest BCUT2D eigenvalue weighted by Gasteiger charge is -2.35. The molecule has 7 rings (SSSR count). The Bertz CT molecular complexity index is 2380. The summed E-state index contributed by atoms with van der Waals surface area (Å²) in [5, 5.41) is 8.71. The monoisotopic (exact) mass is 874 g/mol. The van der Waals surface area contributed by atoms with E-state index in [0.717, 1.165) is 11.3 Å². The van der Waals surface area contributed by atoms with E-state index in [-0.39, 0.29) is 110 Å². The summed E-state index contributed by atoms with van der Waals surface area (Å²) in [7, 11) is 0. The lowest BCUT2D eigenvalue weighted by molar-refractivity contribution is -0.137. The van der Waals surface area contributed by atoms with E-state index >= 15 is 8.78 Å². The first-order valence-electron chi connectivity index (χ1n) is 20.2. The Kier molecular flexibility index (Phi) is 14.2. The normalized spacial score (nSPS) is 16.3. The summed E-state index contributed by atoms with van der Waals surface area (Å²) in [6.07, 6.45) is 3.11. The number of amides is 5. The van der Waals surface area contributed by atoms with Gasteiger partial charge in [0, 0.05) is 92.0 Å². The van der Waals surface area contributed by atoms with Crippen LogP contribution in [0.1, 0.15) is 35.2 Å². The molecule has 1 unspecified atom stereocenters. The molecule has 326 valence electrons. The van der Waals surface area contributed by atoms with Gasteiger partial charge >= 0.3 is 0 Å². The summed E-state index contributed by atoms with van der Waals surface area (Å²) in [4.78, 5) is 74.9. The van der Waals surface area contributed by atoms with Crippen molar-refractivity contribution in [3.05, 3.63) is 89.2 Å². The highest BCUT2D eigenvalue weighted by Gasteiger charge is 2.40. The third-order valence-corrected chi connectivity index (χ3v) is 11.1. The van der Waals surface area contributed by atoms with Gasteiger partial charge < -0.3 is 39.5 Å². The molecule has 4 heterocycles. The molecule has 19 heteroatoms. The number of nitrogens with zero attached hydrogens (tertiary/aromatic N) is 5. The fraction of sp³-hybridized carbons (Fsp3) is 0.372. The molecule has 0 aliphatic carbocycles. The number of halogens is 3. The van der Waals surface area contributed by atoms with E-state index in [1.807, 2.05) is 11.0 Å². The number of piperidine rings is 1. The fourth-order valence-corrected chi connectivity index (χ4v) is 7.91. The number of carbonyl (C=O) groups is 5. The Labute approximate surface area is 360 Å². The molecule has 3 aliphatic rings. The Morgan fingerprint density at radius 3 is 2.50 bits per heavy atom. The molecule has 3 aliphatic heterocycles. The number of benzene rings is 3. The standard InChI is InChI=1S/C43H45ClF2N8O8/c1-2-37(57)52-13-15-53(16-14-52)41-29-23-31(44)38(39(46)40(29)49-25-50-41)28-22-26(6-7-32(28)45)62-21-20-61-19-18-60-17-10-35(55)48-12-11-47-33-5-3-4-27-30(33)24-54(43(27)59)34-8-9-36(56)51-42(34)58/h2-7,22-23,25,34,47H,1,8-21,24H2,(H,48,55)(H,51,56,58). The zero-order valence-electron chi connectivity index (χ0n) is 33.7. The zero-order valence-corrected chi connectivity index (χ0v) is 34.5. The number of hydrogen-bond acceptors (Lipinski definition) is 12. The molecule has 2 fully saturated rings. The van der Waals surface area contributed by atoms with Gasteiger partial charge in [-0.05, 0) is 48.9 Å². The van der Waals surface area contributed by atoms with E-state index in [2.05, 4.69) is 32.5 Å². The van der Waals surface area contributed by atoms with Crippen molar-refractivity contribution in [3.8, 4) is 16.9 Å². The van der Waals surface area contributed by atoms with Crippen LogP contribution in [0.4, 0.5) is 20.3 Å². The number of carbonyl (C=O) groups excluding carboxylic acids is 5. The molecule has 1 aromatic heterocycles. The topological polar surface area (TPSA) is 185 Å². The Hall–Kier alpha value is -6.24. The molecule has 4 aromatic rings. The number of nitrogens with one attached hydrogen (secondary N) is 3. The predicted octanol–water partition coefficient (Wildman–Crippen LogP) is 3.85. The van der Waals surface area contributed by atoms with Crippen molar-refractivity contribution in [3.63, 3.8) is 0 Å². The molecule has 5 amide bonds. The Balaban J connectivity index is 0.796. The number of hydrogen-bond donors (Lipinski definition) is 3. The lowest BCUT2D eigenvalue weighted by Crippen LogP contribution is -2.52. The maximum Gasteiger partial charge on any atom is 0.255 e. The van der Waals surface area contributed by atoms with E-state index in [1.54, 1.807) is 17.0 Å². The van der Waals surface area contributed by atoms with E-state index in [0.29, 0.717) is 56.0 Å². The third-order valence-electron chi connectivity index (χ3n) is 10.8. The molecule has 0 radical (unpaired) electrons. The summed E-state index contributed by atoms with van der Waals surface area (Å²) in [5.74, 6) is -2.22. The molecule has 0 bridgehead atoms. The third kappa shape index (κ3) is 9.93. The molecule has 62 heavy (non-hydrogen) atoms. The molecular weight excluding hydrogens is 830 g/mol. The molecular formula is C43H45ClF2N8O8. The molecule has 0 saturated carbocycles. The first kappa shape index (κ1) is 43.8. The highest BCUT2D eigenvalue weighted by atomic mass is 35.5. The number of piperazine rings is 1. The first-order valence-corrected chi connectivity index (χ1v) is 20.6. The molecule has 3 N–H and O–H groups in total. The summed E-state index contributed by atoms with van der Waals surface area (Å²) in [6.45, 7) is 7.23. The van der Waals surface area contributed by atoms with Gasteiger partial charge in [-0.15, -0.1) is 0 Å². The Morgan fingerprint density at radius 1 is 0.952 bits per heavy atom. The van der Waals surface area contributed by atoms with Crippen LogP contribution in [0.5, 0.6) is 5.75 Å². The molecule has 2 saturated heterocycles. The van der Waals surface area contributed by atoms with Crippen LogP contribution in [-0.2, 0) is 35.2 Å². The van der Waals surface area contributed by atoms with Crippen molar-refractivity contribution in [2.45, 2.75) is 31.8 Å². The minimum Gasteiger partial charge on any atom is -0.491 e. The van der Waals surface area contributed by atoms with Crippen molar-refractivity contribution in [1.29, 1.82) is 0 Å². The van der Waals surface area contributed by atoms with Crippen LogP contribution in [0, 0.1) is 11.6 Å². The number of imide groups is 1. The smallest absolute Gasteiger partial charge is 0.255 e. The van der Waals surface area contributed by atoms with Gasteiger partial charge in [0.25, 0.3) is 5.91 Å². The van der Waals surface area contributed by atoms with Gasteiger partial charge in [-0.3, -0.25) is 29.3 Å². The van der Waals surface area contributed by atoms with Crippen LogP contribution in [-0.4, -0.2) is 128 Å². The van der Waals surface area contributed by atoms with Gasteiger partial charge in [0.2, 0.25) is 23.6 Å². The average molecular weight is 875 g/mol. The van der Waals surface area contributed by atoms with Crippen LogP contribution in [0.2, 0.25) is 5.02 Å². The van der Waals surface area contributed by atoms with Crippen LogP contribution in [0.15, 0.2) is 61.4 Å². The second-order valence-corrected chi connectivity index (χ2v) is 15.0.